The zero-order valence-corrected chi connectivity index (χ0v) is 12.5. The molecule has 2 aromatic heterocycles. The lowest BCUT2D eigenvalue weighted by atomic mass is 10.2. The lowest BCUT2D eigenvalue weighted by Crippen LogP contribution is -2.01. The van der Waals surface area contributed by atoms with Gasteiger partial charge < -0.3 is 14.5 Å². The van der Waals surface area contributed by atoms with Crippen molar-refractivity contribution < 1.29 is 13.9 Å². The molecule has 1 aromatic carbocycles. The minimum absolute atomic E-state index is 0.161. The van der Waals surface area contributed by atoms with E-state index >= 15 is 0 Å². The van der Waals surface area contributed by atoms with Gasteiger partial charge in [0.25, 0.3) is 0 Å². The summed E-state index contributed by atoms with van der Waals surface area (Å²) in [5, 5.41) is 3.71. The Morgan fingerprint density at radius 2 is 2.24 bits per heavy atom. The number of rotatable bonds is 4. The summed E-state index contributed by atoms with van der Waals surface area (Å²) in [6.07, 6.45) is 0. The van der Waals surface area contributed by atoms with Crippen LogP contribution >= 0.6 is 23.3 Å². The largest absolute Gasteiger partial charge is 0.463 e. The molecule has 0 aliphatic rings. The minimum atomic E-state index is -0.509. The molecule has 0 bridgehead atoms. The molecule has 3 aromatic rings. The third-order valence-corrected chi connectivity index (χ3v) is 3.72. The molecular weight excluding hydrogens is 314 g/mol. The van der Waals surface area contributed by atoms with E-state index in [4.69, 9.17) is 16.0 Å². The summed E-state index contributed by atoms with van der Waals surface area (Å²) >= 11 is 7.30. The molecule has 0 saturated carbocycles. The molecule has 0 saturated heterocycles. The van der Waals surface area contributed by atoms with Crippen LogP contribution in [0.1, 0.15) is 16.3 Å². The number of carbonyl (C=O) groups is 1. The lowest BCUT2D eigenvalue weighted by Gasteiger charge is -2.07. The van der Waals surface area contributed by atoms with Crippen molar-refractivity contribution in [1.29, 1.82) is 0 Å². The zero-order valence-electron chi connectivity index (χ0n) is 10.9. The molecule has 0 fully saturated rings. The van der Waals surface area contributed by atoms with Crippen molar-refractivity contribution in [1.82, 2.24) is 8.75 Å². The summed E-state index contributed by atoms with van der Waals surface area (Å²) in [4.78, 5) is 11.3. The summed E-state index contributed by atoms with van der Waals surface area (Å²) in [7, 11) is 1.30. The van der Waals surface area contributed by atoms with Crippen molar-refractivity contribution in [2.75, 3.05) is 12.4 Å². The number of carbonyl (C=O) groups excluding carboxylic acids is 1. The van der Waals surface area contributed by atoms with Gasteiger partial charge in [-0.2, -0.15) is 8.75 Å². The highest BCUT2D eigenvalue weighted by atomic mass is 35.5. The summed E-state index contributed by atoms with van der Waals surface area (Å²) in [5.41, 5.74) is 2.19. The maximum Gasteiger partial charge on any atom is 0.373 e. The van der Waals surface area contributed by atoms with Gasteiger partial charge in [0.05, 0.1) is 36.1 Å². The molecule has 3 rings (SSSR count). The first-order valence-corrected chi connectivity index (χ1v) is 7.11. The van der Waals surface area contributed by atoms with E-state index < -0.39 is 5.97 Å². The van der Waals surface area contributed by atoms with Gasteiger partial charge in [0, 0.05) is 0 Å². The zero-order chi connectivity index (χ0) is 14.8. The number of nitrogens with zero attached hydrogens (tertiary/aromatic N) is 2. The van der Waals surface area contributed by atoms with Crippen LogP contribution in [0.3, 0.4) is 0 Å². The predicted molar refractivity (Wildman–Crippen MR) is 79.8 cm³/mol. The standard InChI is InChI=1S/C13H10ClN3O3S/c1-19-13(18)10-5-2-7(20-10)6-15-11-8(14)3-4-9-12(11)17-21-16-9/h2-5,15H,6H2,1H3. The molecule has 108 valence electrons. The average Bonchev–Trinajstić information content (AvgIpc) is 3.14. The number of nitrogens with one attached hydrogen (secondary N) is 1. The molecule has 0 atom stereocenters. The maximum atomic E-state index is 11.3. The Balaban J connectivity index is 1.80. The molecular formula is C13H10ClN3O3S. The Bertz CT molecular complexity index is 799. The molecule has 0 unspecified atom stereocenters. The summed E-state index contributed by atoms with van der Waals surface area (Å²) in [6.45, 7) is 0.368. The summed E-state index contributed by atoms with van der Waals surface area (Å²) < 4.78 is 18.3. The molecule has 6 nitrogen and oxygen atoms in total. The van der Waals surface area contributed by atoms with E-state index in [1.54, 1.807) is 18.2 Å². The smallest absolute Gasteiger partial charge is 0.373 e. The number of benzene rings is 1. The van der Waals surface area contributed by atoms with Crippen LogP contribution in [0.2, 0.25) is 5.02 Å². The van der Waals surface area contributed by atoms with E-state index in [1.165, 1.54) is 7.11 Å². The Hall–Kier alpha value is -2.12. The number of ether oxygens (including phenoxy) is 1. The molecule has 0 amide bonds. The Morgan fingerprint density at radius 1 is 1.38 bits per heavy atom. The van der Waals surface area contributed by atoms with Gasteiger partial charge in [0.2, 0.25) is 5.76 Å². The second-order valence-corrected chi connectivity index (χ2v) is 5.10. The average molecular weight is 324 g/mol. The predicted octanol–water partition coefficient (Wildman–Crippen LogP) is 3.34. The van der Waals surface area contributed by atoms with Crippen molar-refractivity contribution in [3.05, 3.63) is 40.8 Å². The first-order chi connectivity index (χ1) is 10.2. The van der Waals surface area contributed by atoms with Gasteiger partial charge in [-0.15, -0.1) is 0 Å². The fraction of sp³-hybridized carbons (Fsp3) is 0.154. The molecule has 0 radical (unpaired) electrons. The number of esters is 1. The van der Waals surface area contributed by atoms with Crippen molar-refractivity contribution in [3.8, 4) is 0 Å². The number of anilines is 1. The summed E-state index contributed by atoms with van der Waals surface area (Å²) in [5.74, 6) is 0.241. The maximum absolute atomic E-state index is 11.3. The van der Waals surface area contributed by atoms with Gasteiger partial charge in [-0.25, -0.2) is 4.79 Å². The third-order valence-electron chi connectivity index (χ3n) is 2.86. The van der Waals surface area contributed by atoms with E-state index in [2.05, 4.69) is 18.8 Å². The number of aromatic nitrogens is 2. The van der Waals surface area contributed by atoms with Crippen LogP contribution in [0.5, 0.6) is 0 Å². The van der Waals surface area contributed by atoms with Crippen LogP contribution in [-0.4, -0.2) is 21.8 Å². The Morgan fingerprint density at radius 3 is 3.05 bits per heavy atom. The minimum Gasteiger partial charge on any atom is -0.463 e. The van der Waals surface area contributed by atoms with E-state index in [1.807, 2.05) is 6.07 Å². The molecule has 0 aliphatic carbocycles. The van der Waals surface area contributed by atoms with Gasteiger partial charge in [0.1, 0.15) is 16.8 Å². The Labute approximate surface area is 129 Å². The molecule has 21 heavy (non-hydrogen) atoms. The van der Waals surface area contributed by atoms with Gasteiger partial charge in [-0.1, -0.05) is 11.6 Å². The number of methoxy groups -OCH3 is 1. The van der Waals surface area contributed by atoms with Crippen molar-refractivity contribution in [2.45, 2.75) is 6.54 Å². The van der Waals surface area contributed by atoms with Crippen LogP contribution in [-0.2, 0) is 11.3 Å². The molecule has 0 aliphatic heterocycles. The van der Waals surface area contributed by atoms with E-state index in [-0.39, 0.29) is 5.76 Å². The summed E-state index contributed by atoms with van der Waals surface area (Å²) in [6, 6.07) is 6.84. The number of fused-ring (bicyclic) bond motifs is 1. The van der Waals surface area contributed by atoms with Crippen LogP contribution in [0.4, 0.5) is 5.69 Å². The Kier molecular flexibility index (Phi) is 3.76. The number of hydrogen-bond donors (Lipinski definition) is 1. The van der Waals surface area contributed by atoms with E-state index in [9.17, 15) is 4.79 Å². The SMILES string of the molecule is COC(=O)c1ccc(CNc2c(Cl)ccc3nsnc23)o1. The van der Waals surface area contributed by atoms with Crippen molar-refractivity contribution in [2.24, 2.45) is 0 Å². The monoisotopic (exact) mass is 323 g/mol. The highest BCUT2D eigenvalue weighted by Gasteiger charge is 2.13. The molecule has 0 spiro atoms. The van der Waals surface area contributed by atoms with Crippen LogP contribution < -0.4 is 5.32 Å². The number of hydrogen-bond acceptors (Lipinski definition) is 7. The highest BCUT2D eigenvalue weighted by Crippen LogP contribution is 2.30. The van der Waals surface area contributed by atoms with Gasteiger partial charge in [-0.05, 0) is 24.3 Å². The number of furan rings is 1. The van der Waals surface area contributed by atoms with Gasteiger partial charge in [0.15, 0.2) is 0 Å². The third kappa shape index (κ3) is 2.70. The lowest BCUT2D eigenvalue weighted by molar-refractivity contribution is 0.0563. The van der Waals surface area contributed by atoms with Crippen molar-refractivity contribution in [3.63, 3.8) is 0 Å². The highest BCUT2D eigenvalue weighted by molar-refractivity contribution is 7.00. The second-order valence-electron chi connectivity index (χ2n) is 4.17. The quantitative estimate of drug-likeness (QED) is 0.742. The van der Waals surface area contributed by atoms with E-state index in [0.717, 1.165) is 17.2 Å². The fourth-order valence-corrected chi connectivity index (χ4v) is 2.62. The first-order valence-electron chi connectivity index (χ1n) is 6.00. The van der Waals surface area contributed by atoms with Gasteiger partial charge in [-0.3, -0.25) is 0 Å². The first kappa shape index (κ1) is 13.8. The van der Waals surface area contributed by atoms with E-state index in [0.29, 0.717) is 28.5 Å². The normalized spacial score (nSPS) is 10.8. The second kappa shape index (κ2) is 5.71. The van der Waals surface area contributed by atoms with Gasteiger partial charge >= 0.3 is 5.97 Å². The van der Waals surface area contributed by atoms with Crippen molar-refractivity contribution >= 4 is 46.0 Å². The number of halogens is 1. The fourth-order valence-electron chi connectivity index (χ4n) is 1.85. The van der Waals surface area contributed by atoms with Crippen LogP contribution in [0, 0.1) is 0 Å². The molecule has 8 heteroatoms. The molecule has 2 heterocycles. The molecule has 1 N–H and O–H groups in total. The van der Waals surface area contributed by atoms with Crippen LogP contribution in [0.25, 0.3) is 11.0 Å². The topological polar surface area (TPSA) is 77.2 Å². The van der Waals surface area contributed by atoms with Crippen LogP contribution in [0.15, 0.2) is 28.7 Å².